The van der Waals surface area contributed by atoms with Crippen LogP contribution in [0.2, 0.25) is 15.1 Å². The van der Waals surface area contributed by atoms with Gasteiger partial charge in [0, 0.05) is 47.4 Å². The number of nitrogens with zero attached hydrogens (tertiary/aromatic N) is 3. The Labute approximate surface area is 203 Å². The smallest absolute Gasteiger partial charge is 0.212 e. The van der Waals surface area contributed by atoms with Gasteiger partial charge in [0.25, 0.3) is 0 Å². The molecule has 0 radical (unpaired) electrons. The lowest BCUT2D eigenvalue weighted by Crippen LogP contribution is -2.25. The highest BCUT2D eigenvalue weighted by molar-refractivity contribution is 8.00. The number of carbonyl (C=O) groups is 1. The van der Waals surface area contributed by atoms with Crippen LogP contribution >= 0.6 is 58.3 Å². The maximum atomic E-state index is 13.5. The molecule has 4 rings (SSSR count). The average molecular weight is 520 g/mol. The lowest BCUT2D eigenvalue weighted by atomic mass is 9.87. The predicted octanol–water partition coefficient (Wildman–Crippen LogP) is 6.98. The molecule has 0 fully saturated rings. The summed E-state index contributed by atoms with van der Waals surface area (Å²) in [5.74, 6) is -0.515. The monoisotopic (exact) mass is 518 g/mol. The van der Waals surface area contributed by atoms with E-state index in [1.54, 1.807) is 0 Å². The highest BCUT2D eigenvalue weighted by atomic mass is 35.5. The fraction of sp³-hybridized carbons (Fsp3) is 0.250. The van der Waals surface area contributed by atoms with Gasteiger partial charge in [-0.25, -0.2) is 9.37 Å². The third-order valence-corrected chi connectivity index (χ3v) is 7.25. The summed E-state index contributed by atoms with van der Waals surface area (Å²) < 4.78 is 20.1. The van der Waals surface area contributed by atoms with Crippen LogP contribution < -0.4 is 9.62 Å². The van der Waals surface area contributed by atoms with Crippen LogP contribution in [0.25, 0.3) is 0 Å². The summed E-state index contributed by atoms with van der Waals surface area (Å²) in [7, 11) is 2.08. The van der Waals surface area contributed by atoms with Crippen molar-refractivity contribution in [3.63, 3.8) is 0 Å². The molecule has 1 aromatic heterocycles. The number of halogens is 4. The molecule has 0 unspecified atom stereocenters. The molecule has 2 aromatic carbocycles. The summed E-state index contributed by atoms with van der Waals surface area (Å²) in [5.41, 5.74) is 2.59. The molecule has 11 heteroatoms. The number of nitrogens with one attached hydrogen (secondary N) is 1. The number of aromatic nitrogens is 2. The highest BCUT2D eigenvalue weighted by Gasteiger charge is 2.35. The van der Waals surface area contributed by atoms with E-state index in [-0.39, 0.29) is 20.9 Å². The van der Waals surface area contributed by atoms with Crippen LogP contribution in [0.15, 0.2) is 35.5 Å². The summed E-state index contributed by atoms with van der Waals surface area (Å²) >= 11 is 20.2. The van der Waals surface area contributed by atoms with Crippen molar-refractivity contribution in [1.29, 1.82) is 0 Å². The molecule has 0 atom stereocenters. The average Bonchev–Trinajstić information content (AvgIpc) is 3.31. The van der Waals surface area contributed by atoms with Gasteiger partial charge in [0.1, 0.15) is 12.1 Å². The fourth-order valence-electron chi connectivity index (χ4n) is 3.29. The Hall–Kier alpha value is -1.58. The van der Waals surface area contributed by atoms with Crippen molar-refractivity contribution < 1.29 is 9.18 Å². The van der Waals surface area contributed by atoms with Crippen molar-refractivity contribution in [2.75, 3.05) is 23.2 Å². The van der Waals surface area contributed by atoms with Gasteiger partial charge in [0.2, 0.25) is 5.13 Å². The Bertz CT molecular complexity index is 1100. The molecule has 0 saturated heterocycles. The number of fused-ring (bicyclic) bond motifs is 1. The van der Waals surface area contributed by atoms with Crippen LogP contribution in [0.3, 0.4) is 0 Å². The second-order valence-electron chi connectivity index (χ2n) is 7.37. The van der Waals surface area contributed by atoms with Gasteiger partial charge in [-0.1, -0.05) is 48.7 Å². The zero-order valence-electron chi connectivity index (χ0n) is 16.7. The number of benzene rings is 2. The molecule has 1 aliphatic heterocycles. The van der Waals surface area contributed by atoms with Crippen LogP contribution in [0.4, 0.5) is 15.2 Å². The maximum absolute atomic E-state index is 13.5. The minimum atomic E-state index is -0.515. The van der Waals surface area contributed by atoms with E-state index in [1.807, 2.05) is 12.1 Å². The number of hydrogen-bond acceptors (Lipinski definition) is 7. The number of rotatable bonds is 4. The molecule has 0 spiro atoms. The van der Waals surface area contributed by atoms with E-state index in [9.17, 15) is 9.18 Å². The molecule has 31 heavy (non-hydrogen) atoms. The van der Waals surface area contributed by atoms with Crippen molar-refractivity contribution in [2.45, 2.75) is 24.2 Å². The first-order valence-corrected chi connectivity index (χ1v) is 11.7. The molecule has 0 amide bonds. The van der Waals surface area contributed by atoms with Crippen molar-refractivity contribution >= 4 is 75.4 Å². The number of likely N-dealkylation sites (N-methyl/N-ethyl adjacent to an activating group) is 1. The van der Waals surface area contributed by atoms with Crippen molar-refractivity contribution in [3.8, 4) is 0 Å². The molecule has 0 saturated carbocycles. The van der Waals surface area contributed by atoms with E-state index in [0.717, 1.165) is 36.1 Å². The van der Waals surface area contributed by atoms with Gasteiger partial charge in [-0.3, -0.25) is 4.79 Å². The van der Waals surface area contributed by atoms with Crippen LogP contribution in [0.5, 0.6) is 0 Å². The molecule has 1 aliphatic rings. The van der Waals surface area contributed by atoms with E-state index in [4.69, 9.17) is 34.8 Å². The topological polar surface area (TPSA) is 58.1 Å². The minimum Gasteiger partial charge on any atom is -0.373 e. The third kappa shape index (κ3) is 5.43. The van der Waals surface area contributed by atoms with Crippen LogP contribution in [0, 0.1) is 5.82 Å². The van der Waals surface area contributed by atoms with Gasteiger partial charge in [-0.15, -0.1) is 0 Å². The Morgan fingerprint density at radius 1 is 1.26 bits per heavy atom. The Morgan fingerprint density at radius 3 is 2.65 bits per heavy atom. The van der Waals surface area contributed by atoms with Gasteiger partial charge in [0.05, 0.1) is 20.0 Å². The van der Waals surface area contributed by atoms with Crippen LogP contribution in [0.1, 0.15) is 29.8 Å². The van der Waals surface area contributed by atoms with E-state index >= 15 is 0 Å². The lowest BCUT2D eigenvalue weighted by Gasteiger charge is -2.19. The van der Waals surface area contributed by atoms with Crippen molar-refractivity contribution in [3.05, 3.63) is 62.6 Å². The Morgan fingerprint density at radius 2 is 2.00 bits per heavy atom. The molecule has 0 bridgehead atoms. The number of anilines is 2. The van der Waals surface area contributed by atoms with E-state index < -0.39 is 5.82 Å². The summed E-state index contributed by atoms with van der Waals surface area (Å²) in [4.78, 5) is 16.9. The molecule has 1 N–H and O–H groups in total. The summed E-state index contributed by atoms with van der Waals surface area (Å²) in [6.45, 7) is 5.37. The van der Waals surface area contributed by atoms with Crippen LogP contribution in [-0.4, -0.2) is 29.2 Å². The number of carbonyl (C=O) groups excluding carboxylic acids is 1. The van der Waals surface area contributed by atoms with E-state index in [1.165, 1.54) is 23.6 Å². The maximum Gasteiger partial charge on any atom is 0.212 e. The first-order chi connectivity index (χ1) is 14.6. The molecule has 164 valence electrons. The fourth-order valence-corrected chi connectivity index (χ4v) is 5.28. The van der Waals surface area contributed by atoms with Gasteiger partial charge in [0.15, 0.2) is 6.29 Å². The second kappa shape index (κ2) is 9.92. The molecule has 3 aromatic rings. The molecular weight excluding hydrogens is 502 g/mol. The molecule has 2 heterocycles. The van der Waals surface area contributed by atoms with E-state index in [2.05, 4.69) is 39.9 Å². The minimum absolute atomic E-state index is 0.0894. The second-order valence-corrected chi connectivity index (χ2v) is 10.2. The van der Waals surface area contributed by atoms with E-state index in [0.29, 0.717) is 21.5 Å². The number of aldehydes is 1. The SMILES string of the molecule is CN1CC(C)(C)c2c1ccc(Cl)c2Cl.O=Cc1cc(F)c(SNc2ncns2)cc1Cl. The summed E-state index contributed by atoms with van der Waals surface area (Å²) in [6, 6.07) is 6.39. The van der Waals surface area contributed by atoms with Crippen molar-refractivity contribution in [2.24, 2.45) is 0 Å². The summed E-state index contributed by atoms with van der Waals surface area (Å²) in [5, 5.41) is 2.13. The van der Waals surface area contributed by atoms with Crippen LogP contribution in [-0.2, 0) is 5.41 Å². The Balaban J connectivity index is 0.000000179. The normalized spacial score (nSPS) is 14.0. The number of hydrogen-bond donors (Lipinski definition) is 1. The predicted molar refractivity (Wildman–Crippen MR) is 129 cm³/mol. The van der Waals surface area contributed by atoms with Gasteiger partial charge < -0.3 is 9.62 Å². The first-order valence-electron chi connectivity index (χ1n) is 8.97. The highest BCUT2D eigenvalue weighted by Crippen LogP contribution is 2.46. The zero-order chi connectivity index (χ0) is 22.8. The molecule has 5 nitrogen and oxygen atoms in total. The van der Waals surface area contributed by atoms with Gasteiger partial charge >= 0.3 is 0 Å². The quantitative estimate of drug-likeness (QED) is 0.296. The zero-order valence-corrected chi connectivity index (χ0v) is 20.7. The molecular formula is C20H18Cl3FN4OS2. The standard InChI is InChI=1S/C11H13Cl2N.C9H5ClFN3OS2/c1-11(2)6-14(3)8-5-4-7(12)10(13)9(8)11;10-6-2-8(7(11)1-5(6)3-15)16-14-9-12-4-13-17-9/h4-5H,6H2,1-3H3;1-4H,(H,12,13,14). The van der Waals surface area contributed by atoms with Gasteiger partial charge in [-0.05, 0) is 36.2 Å². The largest absolute Gasteiger partial charge is 0.373 e. The summed E-state index contributed by atoms with van der Waals surface area (Å²) in [6.07, 6.45) is 1.91. The van der Waals surface area contributed by atoms with Crippen molar-refractivity contribution in [1.82, 2.24) is 9.36 Å². The Kier molecular flexibility index (Phi) is 7.70. The lowest BCUT2D eigenvalue weighted by molar-refractivity contribution is 0.112. The van der Waals surface area contributed by atoms with Gasteiger partial charge in [-0.2, -0.15) is 4.37 Å². The third-order valence-electron chi connectivity index (χ3n) is 4.58. The first kappa shape index (κ1) is 24.1. The molecule has 0 aliphatic carbocycles.